The molecule has 0 saturated carbocycles. The summed E-state index contributed by atoms with van der Waals surface area (Å²) in [5.41, 5.74) is 1.53. The van der Waals surface area contributed by atoms with Crippen LogP contribution in [0.1, 0.15) is 45.2 Å². The Labute approximate surface area is 130 Å². The Bertz CT molecular complexity index is 649. The van der Waals surface area contributed by atoms with Crippen molar-refractivity contribution < 1.29 is 9.53 Å². The third kappa shape index (κ3) is 2.80. The maximum atomic E-state index is 12.5. The van der Waals surface area contributed by atoms with Crippen molar-refractivity contribution in [2.24, 2.45) is 5.92 Å². The van der Waals surface area contributed by atoms with Gasteiger partial charge in [0, 0.05) is 24.5 Å². The minimum atomic E-state index is -0.475. The molecule has 1 N–H and O–H groups in total. The van der Waals surface area contributed by atoms with Gasteiger partial charge in [-0.3, -0.25) is 9.59 Å². The smallest absolute Gasteiger partial charge is 0.315 e. The zero-order valence-electron chi connectivity index (χ0n) is 13.3. The monoisotopic (exact) mass is 302 g/mol. The summed E-state index contributed by atoms with van der Waals surface area (Å²) in [6.07, 6.45) is 5.54. The fourth-order valence-electron chi connectivity index (χ4n) is 3.28. The number of nitrogens with one attached hydrogen (secondary N) is 1. The lowest BCUT2D eigenvalue weighted by Gasteiger charge is -2.24. The van der Waals surface area contributed by atoms with Gasteiger partial charge in [-0.05, 0) is 39.2 Å². The lowest BCUT2D eigenvalue weighted by atomic mass is 9.98. The Hall–Kier alpha value is -2.04. The molecule has 0 spiro atoms. The normalized spacial score (nSPS) is 24.1. The molecular formula is C17H22N2O3. The highest BCUT2D eigenvalue weighted by atomic mass is 16.6. The van der Waals surface area contributed by atoms with Gasteiger partial charge in [0.25, 0.3) is 0 Å². The molecule has 0 aliphatic carbocycles. The van der Waals surface area contributed by atoms with Gasteiger partial charge in [0.1, 0.15) is 5.60 Å². The van der Waals surface area contributed by atoms with Gasteiger partial charge < -0.3 is 14.6 Å². The molecule has 118 valence electrons. The minimum Gasteiger partial charge on any atom is -0.459 e. The molecule has 2 aliphatic rings. The number of carbonyl (C=O) groups excluding carboxylic acids is 1. The Morgan fingerprint density at radius 1 is 1.36 bits per heavy atom. The van der Waals surface area contributed by atoms with E-state index in [-0.39, 0.29) is 23.5 Å². The van der Waals surface area contributed by atoms with E-state index in [9.17, 15) is 9.59 Å². The van der Waals surface area contributed by atoms with Gasteiger partial charge in [0.05, 0.1) is 12.0 Å². The molecule has 0 radical (unpaired) electrons. The third-order valence-corrected chi connectivity index (χ3v) is 4.13. The molecule has 5 nitrogen and oxygen atoms in total. The van der Waals surface area contributed by atoms with Crippen LogP contribution in [0.15, 0.2) is 34.9 Å². The molecule has 1 saturated heterocycles. The Morgan fingerprint density at radius 3 is 2.77 bits per heavy atom. The number of nitrogens with zero attached hydrogens (tertiary/aromatic N) is 1. The maximum Gasteiger partial charge on any atom is 0.315 e. The second-order valence-corrected chi connectivity index (χ2v) is 6.93. The van der Waals surface area contributed by atoms with Crippen LogP contribution in [0.4, 0.5) is 0 Å². The lowest BCUT2D eigenvalue weighted by Crippen LogP contribution is -2.29. The van der Waals surface area contributed by atoms with Crippen LogP contribution in [0.3, 0.4) is 0 Å². The van der Waals surface area contributed by atoms with Crippen molar-refractivity contribution in [3.63, 3.8) is 0 Å². The fourth-order valence-corrected chi connectivity index (χ4v) is 3.28. The van der Waals surface area contributed by atoms with Crippen molar-refractivity contribution in [2.75, 3.05) is 6.54 Å². The SMILES string of the molecule is CC(C)(C)OC(=O)C1CC(c2ccc(=O)[nH]c2)N2CCC=C12. The van der Waals surface area contributed by atoms with Gasteiger partial charge in [-0.25, -0.2) is 0 Å². The molecule has 5 heteroatoms. The largest absolute Gasteiger partial charge is 0.459 e. The number of aromatic amines is 1. The summed E-state index contributed by atoms with van der Waals surface area (Å²) in [4.78, 5) is 28.7. The number of carbonyl (C=O) groups is 1. The molecule has 0 bridgehead atoms. The van der Waals surface area contributed by atoms with Crippen molar-refractivity contribution in [1.29, 1.82) is 0 Å². The first-order chi connectivity index (χ1) is 10.3. The predicted molar refractivity (Wildman–Crippen MR) is 83.2 cm³/mol. The van der Waals surface area contributed by atoms with Crippen molar-refractivity contribution >= 4 is 5.97 Å². The summed E-state index contributed by atoms with van der Waals surface area (Å²) in [6, 6.07) is 3.51. The van der Waals surface area contributed by atoms with Crippen LogP contribution in [-0.2, 0) is 9.53 Å². The van der Waals surface area contributed by atoms with Gasteiger partial charge >= 0.3 is 5.97 Å². The summed E-state index contributed by atoms with van der Waals surface area (Å²) in [6.45, 7) is 6.58. The number of esters is 1. The molecule has 1 aromatic heterocycles. The molecule has 3 heterocycles. The van der Waals surface area contributed by atoms with Crippen LogP contribution in [0.5, 0.6) is 0 Å². The quantitative estimate of drug-likeness (QED) is 0.852. The second-order valence-electron chi connectivity index (χ2n) is 6.93. The number of ether oxygens (including phenoxy) is 1. The highest BCUT2D eigenvalue weighted by Crippen LogP contribution is 2.45. The molecule has 2 unspecified atom stereocenters. The Morgan fingerprint density at radius 2 is 2.14 bits per heavy atom. The molecule has 0 amide bonds. The topological polar surface area (TPSA) is 62.4 Å². The van der Waals surface area contributed by atoms with E-state index >= 15 is 0 Å². The molecule has 3 rings (SSSR count). The Balaban J connectivity index is 1.84. The highest BCUT2D eigenvalue weighted by Gasteiger charge is 2.43. The summed E-state index contributed by atoms with van der Waals surface area (Å²) < 4.78 is 5.57. The van der Waals surface area contributed by atoms with Gasteiger partial charge in [-0.2, -0.15) is 0 Å². The van der Waals surface area contributed by atoms with E-state index in [1.54, 1.807) is 6.20 Å². The summed E-state index contributed by atoms with van der Waals surface area (Å²) in [5, 5.41) is 0. The zero-order valence-corrected chi connectivity index (χ0v) is 13.3. The van der Waals surface area contributed by atoms with E-state index < -0.39 is 5.60 Å². The molecule has 0 aromatic carbocycles. The number of rotatable bonds is 2. The van der Waals surface area contributed by atoms with E-state index in [4.69, 9.17) is 4.74 Å². The van der Waals surface area contributed by atoms with E-state index in [0.29, 0.717) is 6.42 Å². The minimum absolute atomic E-state index is 0.109. The van der Waals surface area contributed by atoms with Crippen molar-refractivity contribution in [3.05, 3.63) is 46.0 Å². The molecule has 1 aromatic rings. The first-order valence-electron chi connectivity index (χ1n) is 7.73. The van der Waals surface area contributed by atoms with Crippen LogP contribution in [0.25, 0.3) is 0 Å². The molecule has 22 heavy (non-hydrogen) atoms. The zero-order chi connectivity index (χ0) is 15.9. The molecular weight excluding hydrogens is 280 g/mol. The van der Waals surface area contributed by atoms with Crippen LogP contribution < -0.4 is 5.56 Å². The van der Waals surface area contributed by atoms with Crippen molar-refractivity contribution in [3.8, 4) is 0 Å². The highest BCUT2D eigenvalue weighted by molar-refractivity contribution is 5.77. The number of H-pyrrole nitrogens is 1. The van der Waals surface area contributed by atoms with Crippen LogP contribution in [-0.4, -0.2) is 28.0 Å². The number of pyridine rings is 1. The van der Waals surface area contributed by atoms with Crippen molar-refractivity contribution in [2.45, 2.75) is 45.3 Å². The van der Waals surface area contributed by atoms with Crippen molar-refractivity contribution in [1.82, 2.24) is 9.88 Å². The first kappa shape index (κ1) is 14.9. The first-order valence-corrected chi connectivity index (χ1v) is 7.73. The number of fused-ring (bicyclic) bond motifs is 1. The average molecular weight is 302 g/mol. The standard InChI is InChI=1S/C17H22N2O3/c1-17(2,3)22-16(21)12-9-14(19-8-4-5-13(12)19)11-6-7-15(20)18-10-11/h5-7,10,12,14H,4,8-9H2,1-3H3,(H,18,20). The fraction of sp³-hybridized carbons (Fsp3) is 0.529. The molecule has 1 fully saturated rings. The predicted octanol–water partition coefficient (Wildman–Crippen LogP) is 2.37. The second kappa shape index (κ2) is 5.30. The van der Waals surface area contributed by atoms with Crippen LogP contribution in [0.2, 0.25) is 0 Å². The number of aromatic nitrogens is 1. The average Bonchev–Trinajstić information content (AvgIpc) is 2.99. The lowest BCUT2D eigenvalue weighted by molar-refractivity contribution is -0.158. The third-order valence-electron chi connectivity index (χ3n) is 4.13. The van der Waals surface area contributed by atoms with E-state index in [0.717, 1.165) is 24.2 Å². The Kier molecular flexibility index (Phi) is 3.59. The van der Waals surface area contributed by atoms with E-state index in [2.05, 4.69) is 16.0 Å². The molecule has 2 atom stereocenters. The van der Waals surface area contributed by atoms with Gasteiger partial charge in [-0.1, -0.05) is 12.1 Å². The summed E-state index contributed by atoms with van der Waals surface area (Å²) in [5.74, 6) is -0.365. The maximum absolute atomic E-state index is 12.5. The van der Waals surface area contributed by atoms with Gasteiger partial charge in [0.2, 0.25) is 5.56 Å². The molecule has 2 aliphatic heterocycles. The number of hydrogen-bond donors (Lipinski definition) is 1. The van der Waals surface area contributed by atoms with Gasteiger partial charge in [-0.15, -0.1) is 0 Å². The summed E-state index contributed by atoms with van der Waals surface area (Å²) >= 11 is 0. The van der Waals surface area contributed by atoms with Gasteiger partial charge in [0.15, 0.2) is 0 Å². The number of hydrogen-bond acceptors (Lipinski definition) is 4. The van der Waals surface area contributed by atoms with Crippen LogP contribution in [0, 0.1) is 5.92 Å². The van der Waals surface area contributed by atoms with E-state index in [1.807, 2.05) is 26.8 Å². The van der Waals surface area contributed by atoms with E-state index in [1.165, 1.54) is 6.07 Å². The van der Waals surface area contributed by atoms with Crippen LogP contribution >= 0.6 is 0 Å². The summed E-state index contributed by atoms with van der Waals surface area (Å²) in [7, 11) is 0.